The van der Waals surface area contributed by atoms with Gasteiger partial charge in [-0.25, -0.2) is 4.98 Å². The molecule has 0 aliphatic carbocycles. The molecule has 0 aliphatic rings. The summed E-state index contributed by atoms with van der Waals surface area (Å²) in [4.78, 5) is 5.79. The van der Waals surface area contributed by atoms with E-state index in [-0.39, 0.29) is 0 Å². The Morgan fingerprint density at radius 1 is 1.47 bits per heavy atom. The molecule has 0 aromatic carbocycles. The fourth-order valence-corrected chi connectivity index (χ4v) is 3.11. The second-order valence-electron chi connectivity index (χ2n) is 3.83. The third kappa shape index (κ3) is 1.66. The van der Waals surface area contributed by atoms with Crippen molar-refractivity contribution in [3.8, 4) is 10.6 Å². The summed E-state index contributed by atoms with van der Waals surface area (Å²) >= 11 is 5.14. The van der Waals surface area contributed by atoms with Crippen LogP contribution >= 0.6 is 27.3 Å². The van der Waals surface area contributed by atoms with Crippen LogP contribution in [0.2, 0.25) is 0 Å². The Balaban J connectivity index is 2.36. The van der Waals surface area contributed by atoms with Gasteiger partial charge in [-0.3, -0.25) is 0 Å². The standard InChI is InChI=1S/C12H10BrN3S/c1-7-11(10-3-2-4-17-10)15-12-9(14)5-8(13)6-16(7)12/h2-6H,14H2,1H3. The summed E-state index contributed by atoms with van der Waals surface area (Å²) < 4.78 is 2.98. The molecule has 3 aromatic rings. The van der Waals surface area contributed by atoms with Crippen molar-refractivity contribution >= 4 is 38.6 Å². The van der Waals surface area contributed by atoms with Crippen LogP contribution in [0.3, 0.4) is 0 Å². The molecule has 0 aliphatic heterocycles. The zero-order valence-corrected chi connectivity index (χ0v) is 11.5. The Bertz CT molecular complexity index is 685. The summed E-state index contributed by atoms with van der Waals surface area (Å²) in [7, 11) is 0. The van der Waals surface area contributed by atoms with E-state index in [0.717, 1.165) is 21.5 Å². The van der Waals surface area contributed by atoms with E-state index in [0.29, 0.717) is 5.69 Å². The van der Waals surface area contributed by atoms with Crippen molar-refractivity contribution in [2.45, 2.75) is 6.92 Å². The van der Waals surface area contributed by atoms with E-state index in [2.05, 4.69) is 39.3 Å². The maximum atomic E-state index is 5.98. The molecule has 86 valence electrons. The van der Waals surface area contributed by atoms with Gasteiger partial charge in [-0.15, -0.1) is 11.3 Å². The summed E-state index contributed by atoms with van der Waals surface area (Å²) in [5.74, 6) is 0. The van der Waals surface area contributed by atoms with E-state index in [1.807, 2.05) is 22.7 Å². The SMILES string of the molecule is Cc1c(-c2cccs2)nc2c(N)cc(Br)cn12. The molecule has 2 N–H and O–H groups in total. The van der Waals surface area contributed by atoms with Crippen molar-refractivity contribution < 1.29 is 0 Å². The smallest absolute Gasteiger partial charge is 0.161 e. The van der Waals surface area contributed by atoms with Crippen LogP contribution in [0.15, 0.2) is 34.2 Å². The highest BCUT2D eigenvalue weighted by atomic mass is 79.9. The molecule has 5 heteroatoms. The van der Waals surface area contributed by atoms with Crippen LogP contribution in [0.1, 0.15) is 5.69 Å². The fraction of sp³-hybridized carbons (Fsp3) is 0.0833. The number of pyridine rings is 1. The number of aryl methyl sites for hydroxylation is 1. The minimum Gasteiger partial charge on any atom is -0.396 e. The maximum Gasteiger partial charge on any atom is 0.161 e. The van der Waals surface area contributed by atoms with Crippen molar-refractivity contribution in [1.29, 1.82) is 0 Å². The summed E-state index contributed by atoms with van der Waals surface area (Å²) in [6, 6.07) is 5.98. The zero-order chi connectivity index (χ0) is 12.0. The predicted molar refractivity (Wildman–Crippen MR) is 75.4 cm³/mol. The van der Waals surface area contributed by atoms with Crippen LogP contribution < -0.4 is 5.73 Å². The van der Waals surface area contributed by atoms with Gasteiger partial charge in [-0.2, -0.15) is 0 Å². The summed E-state index contributed by atoms with van der Waals surface area (Å²) in [6.45, 7) is 2.06. The van der Waals surface area contributed by atoms with E-state index in [4.69, 9.17) is 5.73 Å². The number of anilines is 1. The topological polar surface area (TPSA) is 43.3 Å². The predicted octanol–water partition coefficient (Wildman–Crippen LogP) is 3.72. The number of imidazole rings is 1. The highest BCUT2D eigenvalue weighted by molar-refractivity contribution is 9.10. The lowest BCUT2D eigenvalue weighted by molar-refractivity contribution is 1.11. The third-order valence-electron chi connectivity index (χ3n) is 2.71. The highest BCUT2D eigenvalue weighted by Crippen LogP contribution is 2.30. The summed E-state index contributed by atoms with van der Waals surface area (Å²) in [5.41, 5.74) is 9.59. The molecular weight excluding hydrogens is 298 g/mol. The van der Waals surface area contributed by atoms with Crippen molar-refractivity contribution in [1.82, 2.24) is 9.38 Å². The molecule has 0 amide bonds. The molecule has 17 heavy (non-hydrogen) atoms. The van der Waals surface area contributed by atoms with Crippen LogP contribution in [0.4, 0.5) is 5.69 Å². The Kier molecular flexibility index (Phi) is 2.45. The van der Waals surface area contributed by atoms with E-state index in [1.54, 1.807) is 11.3 Å². The largest absolute Gasteiger partial charge is 0.396 e. The molecule has 3 rings (SSSR count). The molecular formula is C12H10BrN3S. The van der Waals surface area contributed by atoms with Crippen molar-refractivity contribution in [2.24, 2.45) is 0 Å². The number of thiophene rings is 1. The van der Waals surface area contributed by atoms with E-state index in [9.17, 15) is 0 Å². The number of nitrogens with zero attached hydrogens (tertiary/aromatic N) is 2. The van der Waals surface area contributed by atoms with Gasteiger partial charge in [0.25, 0.3) is 0 Å². The fourth-order valence-electron chi connectivity index (χ4n) is 1.90. The molecule has 0 fully saturated rings. The van der Waals surface area contributed by atoms with Crippen LogP contribution in [-0.2, 0) is 0 Å². The van der Waals surface area contributed by atoms with Crippen molar-refractivity contribution in [3.05, 3.63) is 39.9 Å². The molecule has 0 radical (unpaired) electrons. The minimum absolute atomic E-state index is 0.685. The first-order valence-electron chi connectivity index (χ1n) is 5.14. The van der Waals surface area contributed by atoms with Gasteiger partial charge in [-0.05, 0) is 40.4 Å². The van der Waals surface area contributed by atoms with Crippen LogP contribution in [0.25, 0.3) is 16.2 Å². The average Bonchev–Trinajstić information content (AvgIpc) is 2.87. The summed E-state index contributed by atoms with van der Waals surface area (Å²) in [5, 5.41) is 2.05. The van der Waals surface area contributed by atoms with Crippen molar-refractivity contribution in [3.63, 3.8) is 0 Å². The third-order valence-corrected chi connectivity index (χ3v) is 4.02. The normalized spacial score (nSPS) is 11.2. The van der Waals surface area contributed by atoms with Gasteiger partial charge in [0.2, 0.25) is 0 Å². The number of hydrogen-bond acceptors (Lipinski definition) is 3. The summed E-state index contributed by atoms with van der Waals surface area (Å²) in [6.07, 6.45) is 1.99. The van der Waals surface area contributed by atoms with Gasteiger partial charge in [0.05, 0.1) is 10.6 Å². The first-order valence-corrected chi connectivity index (χ1v) is 6.81. The molecule has 0 bridgehead atoms. The molecule has 0 saturated carbocycles. The molecule has 0 unspecified atom stereocenters. The lowest BCUT2D eigenvalue weighted by Crippen LogP contribution is -1.93. The number of halogens is 1. The lowest BCUT2D eigenvalue weighted by atomic mass is 10.3. The average molecular weight is 308 g/mol. The Hall–Kier alpha value is -1.33. The molecule has 0 saturated heterocycles. The van der Waals surface area contributed by atoms with E-state index < -0.39 is 0 Å². The number of rotatable bonds is 1. The quantitative estimate of drug-likeness (QED) is 0.744. The van der Waals surface area contributed by atoms with E-state index in [1.165, 1.54) is 4.88 Å². The lowest BCUT2D eigenvalue weighted by Gasteiger charge is -2.00. The molecule has 0 spiro atoms. The zero-order valence-electron chi connectivity index (χ0n) is 9.14. The van der Waals surface area contributed by atoms with Gasteiger partial charge in [0, 0.05) is 16.4 Å². The van der Waals surface area contributed by atoms with Crippen LogP contribution in [-0.4, -0.2) is 9.38 Å². The van der Waals surface area contributed by atoms with Gasteiger partial charge in [0.1, 0.15) is 5.69 Å². The molecule has 0 atom stereocenters. The first kappa shape index (κ1) is 10.8. The molecule has 3 nitrogen and oxygen atoms in total. The maximum absolute atomic E-state index is 5.98. The number of nitrogens with two attached hydrogens (primary N) is 1. The number of hydrogen-bond donors (Lipinski definition) is 1. The Labute approximate surface area is 111 Å². The number of nitrogen functional groups attached to an aromatic ring is 1. The van der Waals surface area contributed by atoms with Gasteiger partial charge < -0.3 is 10.1 Å². The second-order valence-corrected chi connectivity index (χ2v) is 5.69. The van der Waals surface area contributed by atoms with Crippen LogP contribution in [0.5, 0.6) is 0 Å². The van der Waals surface area contributed by atoms with E-state index >= 15 is 0 Å². The molecule has 3 heterocycles. The Morgan fingerprint density at radius 2 is 2.29 bits per heavy atom. The first-order chi connectivity index (χ1) is 8.16. The van der Waals surface area contributed by atoms with Gasteiger partial charge in [0.15, 0.2) is 5.65 Å². The molecule has 3 aromatic heterocycles. The minimum atomic E-state index is 0.685. The number of aromatic nitrogens is 2. The number of fused-ring (bicyclic) bond motifs is 1. The van der Waals surface area contributed by atoms with Gasteiger partial charge in [-0.1, -0.05) is 6.07 Å². The van der Waals surface area contributed by atoms with Crippen LogP contribution in [0, 0.1) is 6.92 Å². The Morgan fingerprint density at radius 3 is 3.00 bits per heavy atom. The highest BCUT2D eigenvalue weighted by Gasteiger charge is 2.13. The van der Waals surface area contributed by atoms with Crippen molar-refractivity contribution in [2.75, 3.05) is 5.73 Å². The monoisotopic (exact) mass is 307 g/mol. The second kappa shape index (κ2) is 3.85. The van der Waals surface area contributed by atoms with Gasteiger partial charge >= 0.3 is 0 Å².